The molecule has 0 aliphatic carbocycles. The van der Waals surface area contributed by atoms with E-state index in [4.69, 9.17) is 0 Å². The lowest BCUT2D eigenvalue weighted by atomic mass is 10.0. The maximum atomic E-state index is 10.9. The van der Waals surface area contributed by atoms with E-state index in [1.165, 1.54) is 68.9 Å². The van der Waals surface area contributed by atoms with Crippen LogP contribution in [0.4, 0.5) is 0 Å². The molecule has 0 amide bonds. The molecule has 0 spiro atoms. The van der Waals surface area contributed by atoms with E-state index in [1.54, 1.807) is 6.92 Å². The fourth-order valence-electron chi connectivity index (χ4n) is 2.98. The minimum atomic E-state index is 0.280. The van der Waals surface area contributed by atoms with Gasteiger partial charge in [-0.25, -0.2) is 0 Å². The van der Waals surface area contributed by atoms with E-state index in [9.17, 15) is 4.79 Å². The Hall–Kier alpha value is -1.15. The van der Waals surface area contributed by atoms with Crippen LogP contribution in [-0.4, -0.2) is 12.3 Å². The third-order valence-corrected chi connectivity index (χ3v) is 4.55. The molecule has 0 saturated carbocycles. The van der Waals surface area contributed by atoms with Gasteiger partial charge in [-0.2, -0.15) is 0 Å². The summed E-state index contributed by atoms with van der Waals surface area (Å²) in [6.45, 7) is 5.75. The van der Waals surface area contributed by atoms with Gasteiger partial charge in [-0.15, -0.1) is 0 Å². The van der Waals surface area contributed by atoms with Crippen molar-refractivity contribution >= 4 is 5.78 Å². The maximum absolute atomic E-state index is 10.9. The van der Waals surface area contributed by atoms with Crippen molar-refractivity contribution in [2.75, 3.05) is 6.54 Å². The number of hydrogen-bond donors (Lipinski definition) is 1. The Bertz CT molecular complexity index is 424. The molecule has 2 nitrogen and oxygen atoms in total. The largest absolute Gasteiger partial charge is 0.313 e. The molecule has 1 aromatic rings. The summed E-state index contributed by atoms with van der Waals surface area (Å²) in [6.07, 6.45) is 13.9. The fraction of sp³-hybridized carbons (Fsp3) is 0.682. The normalized spacial score (nSPS) is 10.9. The molecular formula is C22H37NO. The van der Waals surface area contributed by atoms with Crippen LogP contribution in [0, 0.1) is 0 Å². The predicted octanol–water partition coefficient (Wildman–Crippen LogP) is 5.83. The zero-order chi connectivity index (χ0) is 17.5. The lowest BCUT2D eigenvalue weighted by Crippen LogP contribution is -2.15. The van der Waals surface area contributed by atoms with Gasteiger partial charge in [0.25, 0.3) is 0 Å². The van der Waals surface area contributed by atoms with Crippen LogP contribution in [0.15, 0.2) is 24.3 Å². The maximum Gasteiger partial charge on any atom is 0.129 e. The molecule has 0 aliphatic rings. The number of unbranched alkanes of at least 4 members (excludes halogenated alkanes) is 7. The van der Waals surface area contributed by atoms with Crippen molar-refractivity contribution in [1.82, 2.24) is 5.32 Å². The van der Waals surface area contributed by atoms with E-state index >= 15 is 0 Å². The molecule has 0 aromatic heterocycles. The fourth-order valence-corrected chi connectivity index (χ4v) is 2.98. The molecule has 24 heavy (non-hydrogen) atoms. The first-order chi connectivity index (χ1) is 11.7. The van der Waals surface area contributed by atoms with Gasteiger partial charge >= 0.3 is 0 Å². The van der Waals surface area contributed by atoms with Gasteiger partial charge in [0.2, 0.25) is 0 Å². The molecule has 2 heteroatoms. The van der Waals surface area contributed by atoms with Crippen LogP contribution in [0.1, 0.15) is 89.2 Å². The van der Waals surface area contributed by atoms with Gasteiger partial charge in [0, 0.05) is 13.0 Å². The quantitative estimate of drug-likeness (QED) is 0.410. The molecule has 0 radical (unpaired) electrons. The topological polar surface area (TPSA) is 29.1 Å². The summed E-state index contributed by atoms with van der Waals surface area (Å²) in [4.78, 5) is 10.9. The van der Waals surface area contributed by atoms with Crippen LogP contribution in [0.25, 0.3) is 0 Å². The van der Waals surface area contributed by atoms with Crippen molar-refractivity contribution in [2.45, 2.75) is 91.0 Å². The molecule has 0 fully saturated rings. The van der Waals surface area contributed by atoms with Crippen molar-refractivity contribution in [3.05, 3.63) is 35.4 Å². The van der Waals surface area contributed by atoms with Gasteiger partial charge in [0.1, 0.15) is 5.78 Å². The molecule has 1 rings (SSSR count). The summed E-state index contributed by atoms with van der Waals surface area (Å²) >= 11 is 0. The van der Waals surface area contributed by atoms with E-state index < -0.39 is 0 Å². The summed E-state index contributed by atoms with van der Waals surface area (Å²) < 4.78 is 0. The third kappa shape index (κ3) is 11.4. The number of Topliss-reactive ketones (excluding diaryl/α,β-unsaturated/α-hetero) is 1. The minimum absolute atomic E-state index is 0.280. The van der Waals surface area contributed by atoms with Crippen LogP contribution in [0.3, 0.4) is 0 Å². The number of rotatable bonds is 15. The number of benzene rings is 1. The van der Waals surface area contributed by atoms with Crippen LogP contribution < -0.4 is 5.32 Å². The Morgan fingerprint density at radius 2 is 1.42 bits per heavy atom. The van der Waals surface area contributed by atoms with Gasteiger partial charge < -0.3 is 10.1 Å². The van der Waals surface area contributed by atoms with Crippen molar-refractivity contribution in [3.8, 4) is 0 Å². The van der Waals surface area contributed by atoms with Crippen LogP contribution in [0.5, 0.6) is 0 Å². The van der Waals surface area contributed by atoms with E-state index in [2.05, 4.69) is 36.5 Å². The van der Waals surface area contributed by atoms with Gasteiger partial charge in [-0.05, 0) is 43.9 Å². The van der Waals surface area contributed by atoms with Gasteiger partial charge in [0.05, 0.1) is 0 Å². The van der Waals surface area contributed by atoms with Crippen molar-refractivity contribution < 1.29 is 4.79 Å². The Morgan fingerprint density at radius 1 is 0.833 bits per heavy atom. The second kappa shape index (κ2) is 14.2. The number of ketones is 1. The van der Waals surface area contributed by atoms with E-state index in [0.717, 1.165) is 19.5 Å². The van der Waals surface area contributed by atoms with Crippen LogP contribution >= 0.6 is 0 Å². The number of hydrogen-bond acceptors (Lipinski definition) is 2. The molecule has 0 bridgehead atoms. The first-order valence-corrected chi connectivity index (χ1v) is 10.0. The monoisotopic (exact) mass is 331 g/mol. The molecule has 0 atom stereocenters. The standard InChI is InChI=1S/C22H37NO/c1-3-4-5-6-7-8-9-10-13-21-14-16-22(17-15-21)19-23-18-11-12-20(2)24/h14-17,23H,3-13,18-19H2,1-2H3. The number of carbonyl (C=O) groups excluding carboxylic acids is 1. The Labute approximate surface area is 149 Å². The molecule has 1 N–H and O–H groups in total. The number of nitrogens with one attached hydrogen (secondary N) is 1. The summed E-state index contributed by atoms with van der Waals surface area (Å²) in [5.41, 5.74) is 2.79. The Morgan fingerprint density at radius 3 is 2.04 bits per heavy atom. The van der Waals surface area contributed by atoms with Crippen molar-refractivity contribution in [3.63, 3.8) is 0 Å². The highest BCUT2D eigenvalue weighted by atomic mass is 16.1. The zero-order valence-electron chi connectivity index (χ0n) is 15.9. The Balaban J connectivity index is 2.04. The first-order valence-electron chi connectivity index (χ1n) is 10.0. The second-order valence-electron chi connectivity index (χ2n) is 7.02. The minimum Gasteiger partial charge on any atom is -0.313 e. The molecule has 1 aromatic carbocycles. The third-order valence-electron chi connectivity index (χ3n) is 4.55. The van der Waals surface area contributed by atoms with Gasteiger partial charge in [0.15, 0.2) is 0 Å². The van der Waals surface area contributed by atoms with Gasteiger partial charge in [-0.3, -0.25) is 0 Å². The lowest BCUT2D eigenvalue weighted by molar-refractivity contribution is -0.117. The zero-order valence-corrected chi connectivity index (χ0v) is 15.9. The molecule has 0 aliphatic heterocycles. The SMILES string of the molecule is CCCCCCCCCCc1ccc(CNCCCC(C)=O)cc1. The highest BCUT2D eigenvalue weighted by Gasteiger charge is 1.97. The smallest absolute Gasteiger partial charge is 0.129 e. The van der Waals surface area contributed by atoms with E-state index in [-0.39, 0.29) is 5.78 Å². The van der Waals surface area contributed by atoms with Crippen molar-refractivity contribution in [1.29, 1.82) is 0 Å². The summed E-state index contributed by atoms with van der Waals surface area (Å²) in [5, 5.41) is 3.41. The number of carbonyl (C=O) groups is 1. The lowest BCUT2D eigenvalue weighted by Gasteiger charge is -2.06. The van der Waals surface area contributed by atoms with Gasteiger partial charge in [-0.1, -0.05) is 76.1 Å². The summed E-state index contributed by atoms with van der Waals surface area (Å²) in [5.74, 6) is 0.280. The summed E-state index contributed by atoms with van der Waals surface area (Å²) in [7, 11) is 0. The highest BCUT2D eigenvalue weighted by molar-refractivity contribution is 5.75. The average Bonchev–Trinajstić information content (AvgIpc) is 2.58. The first kappa shape index (κ1) is 20.9. The average molecular weight is 332 g/mol. The van der Waals surface area contributed by atoms with E-state index in [0.29, 0.717) is 6.42 Å². The predicted molar refractivity (Wildman–Crippen MR) is 104 cm³/mol. The molecule has 136 valence electrons. The second-order valence-corrected chi connectivity index (χ2v) is 7.02. The Kier molecular flexibility index (Phi) is 12.4. The van der Waals surface area contributed by atoms with Crippen LogP contribution in [-0.2, 0) is 17.8 Å². The molecule has 0 unspecified atom stereocenters. The highest BCUT2D eigenvalue weighted by Crippen LogP contribution is 2.12. The number of aryl methyl sites for hydroxylation is 1. The van der Waals surface area contributed by atoms with Crippen molar-refractivity contribution in [2.24, 2.45) is 0 Å². The van der Waals surface area contributed by atoms with E-state index in [1.807, 2.05) is 0 Å². The van der Waals surface area contributed by atoms with Crippen LogP contribution in [0.2, 0.25) is 0 Å². The summed E-state index contributed by atoms with van der Waals surface area (Å²) in [6, 6.07) is 9.01. The molecule has 0 saturated heterocycles. The molecular weight excluding hydrogens is 294 g/mol. The molecule has 0 heterocycles.